The summed E-state index contributed by atoms with van der Waals surface area (Å²) in [7, 11) is 3.75. The Kier molecular flexibility index (Phi) is 6.54. The molecule has 1 heterocycles. The predicted octanol–water partition coefficient (Wildman–Crippen LogP) is 2.30. The monoisotopic (exact) mass is 208 g/mol. The van der Waals surface area contributed by atoms with Gasteiger partial charge in [-0.2, -0.15) is 0 Å². The highest BCUT2D eigenvalue weighted by molar-refractivity contribution is 5.82. The molecule has 0 bridgehead atoms. The van der Waals surface area contributed by atoms with E-state index in [1.807, 2.05) is 51.0 Å². The number of hydrogen-bond acceptors (Lipinski definition) is 3. The van der Waals surface area contributed by atoms with Gasteiger partial charge in [-0.15, -0.1) is 0 Å². The Labute approximate surface area is 92.1 Å². The fraction of sp³-hybridized carbons (Fsp3) is 0.500. The minimum Gasteiger partial charge on any atom is -0.298 e. The van der Waals surface area contributed by atoms with Gasteiger partial charge in [-0.05, 0) is 33.2 Å². The van der Waals surface area contributed by atoms with Crippen molar-refractivity contribution in [2.45, 2.75) is 26.8 Å². The van der Waals surface area contributed by atoms with E-state index in [4.69, 9.17) is 0 Å². The topological polar surface area (TPSA) is 33.2 Å². The van der Waals surface area contributed by atoms with Crippen LogP contribution in [0.4, 0.5) is 0 Å². The summed E-state index contributed by atoms with van der Waals surface area (Å²) in [4.78, 5) is 17.3. The molecule has 1 atom stereocenters. The zero-order valence-corrected chi connectivity index (χ0v) is 10.2. The van der Waals surface area contributed by atoms with E-state index >= 15 is 0 Å². The fourth-order valence-electron chi connectivity index (χ4n) is 1.37. The number of carbonyl (C=O) groups is 1. The number of Topliss-reactive ketones (excluding diaryl/α,β-unsaturated/α-hetero) is 1. The largest absolute Gasteiger partial charge is 0.298 e. The number of likely N-dealkylation sites (N-methyl/N-ethyl adjacent to an activating group) is 1. The van der Waals surface area contributed by atoms with Crippen LogP contribution in [0.2, 0.25) is 0 Å². The highest BCUT2D eigenvalue weighted by atomic mass is 16.1. The van der Waals surface area contributed by atoms with E-state index in [0.29, 0.717) is 0 Å². The number of rotatable bonds is 3. The van der Waals surface area contributed by atoms with Crippen molar-refractivity contribution in [1.29, 1.82) is 0 Å². The summed E-state index contributed by atoms with van der Waals surface area (Å²) in [5.74, 6) is 0.115. The molecule has 0 saturated heterocycles. The summed E-state index contributed by atoms with van der Waals surface area (Å²) in [6.07, 6.45) is 1.70. The molecule has 0 aliphatic carbocycles. The normalized spacial score (nSPS) is 11.6. The van der Waals surface area contributed by atoms with Crippen LogP contribution in [0.15, 0.2) is 24.4 Å². The molecule has 1 unspecified atom stereocenters. The molecule has 3 heteroatoms. The summed E-state index contributed by atoms with van der Waals surface area (Å²) in [6, 6.07) is 5.38. The summed E-state index contributed by atoms with van der Waals surface area (Å²) in [5.41, 5.74) is 0.806. The van der Waals surface area contributed by atoms with Crippen LogP contribution in [0.25, 0.3) is 0 Å². The molecular formula is C12H20N2O. The van der Waals surface area contributed by atoms with Crippen molar-refractivity contribution in [3.05, 3.63) is 30.1 Å². The SMILES string of the molecule is CC.CC(=O)C(c1ccccn1)N(C)C. The molecule has 3 nitrogen and oxygen atoms in total. The minimum atomic E-state index is -0.221. The van der Waals surface area contributed by atoms with Gasteiger partial charge < -0.3 is 0 Å². The van der Waals surface area contributed by atoms with E-state index in [2.05, 4.69) is 4.98 Å². The molecule has 0 N–H and O–H groups in total. The van der Waals surface area contributed by atoms with Crippen LogP contribution in [0.3, 0.4) is 0 Å². The predicted molar refractivity (Wildman–Crippen MR) is 62.7 cm³/mol. The number of pyridine rings is 1. The van der Waals surface area contributed by atoms with Crippen molar-refractivity contribution in [2.75, 3.05) is 14.1 Å². The molecular weight excluding hydrogens is 188 g/mol. The summed E-state index contributed by atoms with van der Waals surface area (Å²) in [5, 5.41) is 0. The van der Waals surface area contributed by atoms with E-state index in [9.17, 15) is 4.79 Å². The van der Waals surface area contributed by atoms with E-state index in [0.717, 1.165) is 5.69 Å². The maximum atomic E-state index is 11.3. The van der Waals surface area contributed by atoms with Crippen LogP contribution < -0.4 is 0 Å². The lowest BCUT2D eigenvalue weighted by Crippen LogP contribution is -2.26. The molecule has 1 aromatic heterocycles. The first-order valence-electron chi connectivity index (χ1n) is 5.20. The number of nitrogens with zero attached hydrogens (tertiary/aromatic N) is 2. The minimum absolute atomic E-state index is 0.115. The number of ketones is 1. The summed E-state index contributed by atoms with van der Waals surface area (Å²) < 4.78 is 0. The molecule has 0 saturated carbocycles. The first-order valence-corrected chi connectivity index (χ1v) is 5.20. The Morgan fingerprint density at radius 1 is 1.33 bits per heavy atom. The second-order valence-corrected chi connectivity index (χ2v) is 3.23. The molecule has 0 aromatic carbocycles. The molecule has 0 spiro atoms. The van der Waals surface area contributed by atoms with Crippen molar-refractivity contribution >= 4 is 5.78 Å². The van der Waals surface area contributed by atoms with Crippen LogP contribution in [-0.2, 0) is 4.79 Å². The van der Waals surface area contributed by atoms with E-state index in [1.165, 1.54) is 0 Å². The van der Waals surface area contributed by atoms with Crippen LogP contribution in [-0.4, -0.2) is 29.8 Å². The zero-order chi connectivity index (χ0) is 11.8. The van der Waals surface area contributed by atoms with E-state index < -0.39 is 0 Å². The van der Waals surface area contributed by atoms with Gasteiger partial charge in [0, 0.05) is 6.20 Å². The standard InChI is InChI=1S/C10H14N2O.C2H6/c1-8(13)10(12(2)3)9-6-4-5-7-11-9;1-2/h4-7,10H,1-3H3;1-2H3. The van der Waals surface area contributed by atoms with E-state index in [-0.39, 0.29) is 11.8 Å². The van der Waals surface area contributed by atoms with Gasteiger partial charge in [0.15, 0.2) is 5.78 Å². The third-order valence-electron chi connectivity index (χ3n) is 1.87. The van der Waals surface area contributed by atoms with Gasteiger partial charge in [0.2, 0.25) is 0 Å². The highest BCUT2D eigenvalue weighted by Crippen LogP contribution is 2.15. The molecule has 1 aromatic rings. The first kappa shape index (κ1) is 13.8. The second kappa shape index (κ2) is 7.12. The molecule has 0 amide bonds. The van der Waals surface area contributed by atoms with Crippen molar-refractivity contribution in [1.82, 2.24) is 9.88 Å². The van der Waals surface area contributed by atoms with Gasteiger partial charge >= 0.3 is 0 Å². The van der Waals surface area contributed by atoms with Gasteiger partial charge in [0.1, 0.15) is 6.04 Å². The summed E-state index contributed by atoms with van der Waals surface area (Å²) >= 11 is 0. The third-order valence-corrected chi connectivity index (χ3v) is 1.87. The molecule has 0 aliphatic heterocycles. The van der Waals surface area contributed by atoms with Gasteiger partial charge in [-0.3, -0.25) is 14.7 Å². The molecule has 0 aliphatic rings. The lowest BCUT2D eigenvalue weighted by atomic mass is 10.1. The maximum Gasteiger partial charge on any atom is 0.153 e. The number of hydrogen-bond donors (Lipinski definition) is 0. The smallest absolute Gasteiger partial charge is 0.153 e. The van der Waals surface area contributed by atoms with Gasteiger partial charge in [-0.25, -0.2) is 0 Å². The van der Waals surface area contributed by atoms with Gasteiger partial charge in [0.25, 0.3) is 0 Å². The highest BCUT2D eigenvalue weighted by Gasteiger charge is 2.19. The maximum absolute atomic E-state index is 11.3. The Hall–Kier alpha value is -1.22. The Morgan fingerprint density at radius 2 is 1.93 bits per heavy atom. The lowest BCUT2D eigenvalue weighted by molar-refractivity contribution is -0.121. The van der Waals surface area contributed by atoms with Crippen LogP contribution in [0.5, 0.6) is 0 Å². The molecule has 0 fully saturated rings. The molecule has 84 valence electrons. The first-order chi connectivity index (χ1) is 7.13. The van der Waals surface area contributed by atoms with Crippen molar-refractivity contribution in [3.63, 3.8) is 0 Å². The van der Waals surface area contributed by atoms with Crippen LogP contribution in [0.1, 0.15) is 32.5 Å². The average Bonchev–Trinajstić information content (AvgIpc) is 2.21. The molecule has 15 heavy (non-hydrogen) atoms. The Morgan fingerprint density at radius 3 is 2.27 bits per heavy atom. The third kappa shape index (κ3) is 4.21. The fourth-order valence-corrected chi connectivity index (χ4v) is 1.37. The lowest BCUT2D eigenvalue weighted by Gasteiger charge is -2.20. The van der Waals surface area contributed by atoms with Crippen LogP contribution in [0, 0.1) is 0 Å². The average molecular weight is 208 g/mol. The molecule has 0 radical (unpaired) electrons. The van der Waals surface area contributed by atoms with Gasteiger partial charge in [-0.1, -0.05) is 19.9 Å². The number of carbonyl (C=O) groups excluding carboxylic acids is 1. The molecule has 1 rings (SSSR count). The van der Waals surface area contributed by atoms with Gasteiger partial charge in [0.05, 0.1) is 5.69 Å². The number of aromatic nitrogens is 1. The zero-order valence-electron chi connectivity index (χ0n) is 10.2. The quantitative estimate of drug-likeness (QED) is 0.764. The Balaban J connectivity index is 0.000000921. The van der Waals surface area contributed by atoms with Crippen molar-refractivity contribution in [2.24, 2.45) is 0 Å². The Bertz CT molecular complexity index is 283. The van der Waals surface area contributed by atoms with Crippen molar-refractivity contribution < 1.29 is 4.79 Å². The van der Waals surface area contributed by atoms with E-state index in [1.54, 1.807) is 13.1 Å². The second-order valence-electron chi connectivity index (χ2n) is 3.23. The van der Waals surface area contributed by atoms with Crippen molar-refractivity contribution in [3.8, 4) is 0 Å². The summed E-state index contributed by atoms with van der Waals surface area (Å²) in [6.45, 7) is 5.58. The van der Waals surface area contributed by atoms with Crippen LogP contribution >= 0.6 is 0 Å².